The normalized spacial score (nSPS) is 19.8. The summed E-state index contributed by atoms with van der Waals surface area (Å²) < 4.78 is 20.5. The maximum absolute atomic E-state index is 13.5. The average molecular weight is 559 g/mol. The number of hydrogen-bond acceptors (Lipinski definition) is 8. The lowest BCUT2D eigenvalue weighted by Gasteiger charge is -2.38. The fourth-order valence-corrected chi connectivity index (χ4v) is 5.40. The molecule has 1 aliphatic carbocycles. The lowest BCUT2D eigenvalue weighted by molar-refractivity contribution is -0.148. The molecule has 0 aliphatic heterocycles. The number of nitrogens with zero attached hydrogens (tertiary/aromatic N) is 6. The van der Waals surface area contributed by atoms with Gasteiger partial charge in [0.2, 0.25) is 0 Å². The largest absolute Gasteiger partial charge is 0.368 e. The van der Waals surface area contributed by atoms with Gasteiger partial charge in [-0.15, -0.1) is 0 Å². The van der Waals surface area contributed by atoms with Crippen LogP contribution in [0.4, 0.5) is 16.0 Å². The van der Waals surface area contributed by atoms with E-state index >= 15 is 0 Å². The molecule has 1 fully saturated rings. The van der Waals surface area contributed by atoms with Crippen LogP contribution in [0.3, 0.4) is 0 Å². The molecular formula is C28H31FN10O2. The van der Waals surface area contributed by atoms with Gasteiger partial charge in [0.25, 0.3) is 5.91 Å². The van der Waals surface area contributed by atoms with Crippen LogP contribution in [0.25, 0.3) is 16.7 Å². The van der Waals surface area contributed by atoms with E-state index in [0.717, 1.165) is 46.9 Å². The van der Waals surface area contributed by atoms with Gasteiger partial charge < -0.3 is 15.4 Å². The monoisotopic (exact) mass is 558 g/mol. The Labute approximate surface area is 235 Å². The summed E-state index contributed by atoms with van der Waals surface area (Å²) in [5, 5.41) is 25.7. The van der Waals surface area contributed by atoms with Crippen LogP contribution >= 0.6 is 0 Å². The summed E-state index contributed by atoms with van der Waals surface area (Å²) in [6, 6.07) is 7.23. The Bertz CT molecular complexity index is 1670. The third-order valence-corrected chi connectivity index (χ3v) is 7.83. The number of fused-ring (bicyclic) bond motifs is 1. The van der Waals surface area contributed by atoms with Crippen LogP contribution in [0.1, 0.15) is 61.5 Å². The molecule has 5 aromatic heterocycles. The number of H-pyrrole nitrogens is 2. The van der Waals surface area contributed by atoms with E-state index in [9.17, 15) is 9.18 Å². The predicted octanol–water partition coefficient (Wildman–Crippen LogP) is 4.37. The van der Waals surface area contributed by atoms with E-state index in [-0.39, 0.29) is 17.9 Å². The fraction of sp³-hybridized carbons (Fsp3) is 0.357. The van der Waals surface area contributed by atoms with Gasteiger partial charge in [0.15, 0.2) is 17.5 Å². The molecule has 5 aromatic rings. The highest BCUT2D eigenvalue weighted by Crippen LogP contribution is 2.41. The van der Waals surface area contributed by atoms with E-state index in [1.807, 2.05) is 32.0 Å². The molecule has 212 valence electrons. The second-order valence-corrected chi connectivity index (χ2v) is 10.5. The first-order valence-corrected chi connectivity index (χ1v) is 13.5. The van der Waals surface area contributed by atoms with E-state index in [4.69, 9.17) is 9.72 Å². The van der Waals surface area contributed by atoms with Gasteiger partial charge in [-0.25, -0.2) is 19.0 Å². The lowest BCUT2D eigenvalue weighted by Crippen LogP contribution is -2.50. The van der Waals surface area contributed by atoms with Crippen molar-refractivity contribution in [3.8, 4) is 5.82 Å². The van der Waals surface area contributed by atoms with Gasteiger partial charge in [0, 0.05) is 36.7 Å². The number of carbonyl (C=O) groups excluding carboxylic acids is 1. The number of halogens is 1. The molecule has 5 heterocycles. The molecule has 0 bridgehead atoms. The van der Waals surface area contributed by atoms with Crippen molar-refractivity contribution in [1.29, 1.82) is 0 Å². The zero-order valence-electron chi connectivity index (χ0n) is 23.0. The number of nitrogens with one attached hydrogen (secondary N) is 4. The molecule has 1 saturated carbocycles. The molecule has 1 aliphatic rings. The number of aromatic amines is 2. The van der Waals surface area contributed by atoms with Crippen LogP contribution in [-0.2, 0) is 9.53 Å². The Hall–Kier alpha value is -4.65. The highest BCUT2D eigenvalue weighted by Gasteiger charge is 2.43. The third-order valence-electron chi connectivity index (χ3n) is 7.83. The second-order valence-electron chi connectivity index (χ2n) is 10.5. The fourth-order valence-electron chi connectivity index (χ4n) is 5.40. The first kappa shape index (κ1) is 26.6. The van der Waals surface area contributed by atoms with Gasteiger partial charge >= 0.3 is 0 Å². The quantitative estimate of drug-likeness (QED) is 0.219. The number of aryl methyl sites for hydroxylation is 1. The topological polar surface area (TPSA) is 151 Å². The van der Waals surface area contributed by atoms with E-state index in [2.05, 4.69) is 41.1 Å². The molecule has 41 heavy (non-hydrogen) atoms. The summed E-state index contributed by atoms with van der Waals surface area (Å²) in [6.07, 6.45) is 8.37. The second kappa shape index (κ2) is 10.7. The Kier molecular flexibility index (Phi) is 6.95. The molecule has 12 nitrogen and oxygen atoms in total. The van der Waals surface area contributed by atoms with Gasteiger partial charge in [-0.1, -0.05) is 6.07 Å². The van der Waals surface area contributed by atoms with E-state index in [0.29, 0.717) is 30.3 Å². The van der Waals surface area contributed by atoms with Crippen molar-refractivity contribution in [3.63, 3.8) is 0 Å². The number of pyridine rings is 2. The van der Waals surface area contributed by atoms with Crippen LogP contribution in [0.15, 0.2) is 49.1 Å². The molecule has 0 aromatic carbocycles. The van der Waals surface area contributed by atoms with Gasteiger partial charge in [0.1, 0.15) is 11.4 Å². The maximum Gasteiger partial charge on any atom is 0.252 e. The highest BCUT2D eigenvalue weighted by molar-refractivity contribution is 5.90. The molecular weight excluding hydrogens is 527 g/mol. The number of hydrogen-bond donors (Lipinski definition) is 4. The minimum atomic E-state index is -0.934. The molecule has 0 radical (unpaired) electrons. The van der Waals surface area contributed by atoms with Gasteiger partial charge in [-0.05, 0) is 57.2 Å². The predicted molar refractivity (Wildman–Crippen MR) is 149 cm³/mol. The minimum absolute atomic E-state index is 0.154. The van der Waals surface area contributed by atoms with Crippen LogP contribution in [0.5, 0.6) is 0 Å². The van der Waals surface area contributed by atoms with Crippen LogP contribution in [0.2, 0.25) is 0 Å². The molecule has 13 heteroatoms. The summed E-state index contributed by atoms with van der Waals surface area (Å²) in [4.78, 5) is 22.8. The third kappa shape index (κ3) is 5.27. The Balaban J connectivity index is 1.13. The number of methoxy groups -OCH3 is 1. The van der Waals surface area contributed by atoms with Crippen molar-refractivity contribution >= 4 is 28.4 Å². The van der Waals surface area contributed by atoms with Crippen molar-refractivity contribution in [2.45, 2.75) is 57.1 Å². The van der Waals surface area contributed by atoms with Gasteiger partial charge in [-0.2, -0.15) is 15.3 Å². The number of aromatic nitrogens is 8. The number of rotatable bonds is 8. The number of carbonyl (C=O) groups is 1. The van der Waals surface area contributed by atoms with E-state index in [1.165, 1.54) is 10.9 Å². The van der Waals surface area contributed by atoms with Gasteiger partial charge in [-0.3, -0.25) is 15.0 Å². The summed E-state index contributed by atoms with van der Waals surface area (Å²) in [7, 11) is 1.59. The average Bonchev–Trinajstić information content (AvgIpc) is 3.74. The van der Waals surface area contributed by atoms with Crippen LogP contribution < -0.4 is 10.6 Å². The Morgan fingerprint density at radius 3 is 2.68 bits per heavy atom. The summed E-state index contributed by atoms with van der Waals surface area (Å²) in [5.74, 6) is 1.42. The first-order chi connectivity index (χ1) is 19.8. The number of amides is 1. The van der Waals surface area contributed by atoms with Crippen LogP contribution in [0, 0.1) is 12.7 Å². The van der Waals surface area contributed by atoms with Crippen molar-refractivity contribution < 1.29 is 13.9 Å². The standard InChI is InChI=1S/C28H31FN10O2/c1-16-10-24(38-36-16)35-26-21-14-31-37-23(21)11-22(34-26)18-6-8-28(41-3,9-7-18)27(40)33-17(2)19-4-5-25(30-12-19)39-15-20(29)13-32-39/h4-5,10-15,17-18H,6-9H2,1-3H3,(H,31,37)(H,33,40)(H2,34,35,36,38)/t17-,18-,28+/m0/s1. The Morgan fingerprint density at radius 1 is 1.20 bits per heavy atom. The van der Waals surface area contributed by atoms with Crippen LogP contribution in [-0.4, -0.2) is 58.8 Å². The number of anilines is 2. The van der Waals surface area contributed by atoms with E-state index < -0.39 is 11.4 Å². The lowest BCUT2D eigenvalue weighted by atomic mass is 9.76. The maximum atomic E-state index is 13.5. The first-order valence-electron chi connectivity index (χ1n) is 13.5. The summed E-state index contributed by atoms with van der Waals surface area (Å²) in [6.45, 7) is 3.84. The molecule has 0 spiro atoms. The Morgan fingerprint density at radius 2 is 2.02 bits per heavy atom. The minimum Gasteiger partial charge on any atom is -0.368 e. The SMILES string of the molecule is CO[C@]1(C(=O)N[C@@H](C)c2ccc(-n3cc(F)cn3)nc2)CC[C@H](c2cc3[nH]ncc3c(Nc3cc(C)[nH]n3)n2)CC1. The number of ether oxygens (including phenoxy) is 1. The van der Waals surface area contributed by atoms with E-state index in [1.54, 1.807) is 25.6 Å². The zero-order valence-corrected chi connectivity index (χ0v) is 23.0. The molecule has 4 N–H and O–H groups in total. The smallest absolute Gasteiger partial charge is 0.252 e. The van der Waals surface area contributed by atoms with Gasteiger partial charge in [0.05, 0.1) is 35.5 Å². The molecule has 1 amide bonds. The zero-order chi connectivity index (χ0) is 28.6. The van der Waals surface area contributed by atoms with Crippen molar-refractivity contribution in [2.75, 3.05) is 12.4 Å². The molecule has 1 atom stereocenters. The molecule has 0 saturated heterocycles. The molecule has 0 unspecified atom stereocenters. The highest BCUT2D eigenvalue weighted by atomic mass is 19.1. The summed E-state index contributed by atoms with van der Waals surface area (Å²) in [5.41, 5.74) is 2.65. The van der Waals surface area contributed by atoms with Crippen molar-refractivity contribution in [1.82, 2.24) is 45.5 Å². The molecule has 6 rings (SSSR count). The summed E-state index contributed by atoms with van der Waals surface area (Å²) >= 11 is 0. The van der Waals surface area contributed by atoms with Crippen molar-refractivity contribution in [3.05, 3.63) is 71.8 Å². The van der Waals surface area contributed by atoms with Crippen molar-refractivity contribution in [2.24, 2.45) is 0 Å².